The molecule has 0 spiro atoms. The Morgan fingerprint density at radius 3 is 2.53 bits per heavy atom. The Hall–Kier alpha value is -1.88. The van der Waals surface area contributed by atoms with Crippen molar-refractivity contribution in [1.29, 1.82) is 0 Å². The Bertz CT molecular complexity index is 590. The number of methoxy groups -OCH3 is 1. The van der Waals surface area contributed by atoms with Crippen molar-refractivity contribution >= 4 is 22.7 Å². The fourth-order valence-corrected chi connectivity index (χ4v) is 2.41. The first-order valence-electron chi connectivity index (χ1n) is 6.54. The molecule has 0 atom stereocenters. The van der Waals surface area contributed by atoms with Crippen LogP contribution in [0.5, 0.6) is 0 Å². The zero-order valence-corrected chi connectivity index (χ0v) is 11.0. The van der Waals surface area contributed by atoms with Gasteiger partial charge in [-0.3, -0.25) is 0 Å². The van der Waals surface area contributed by atoms with Gasteiger partial charge in [-0.2, -0.15) is 0 Å². The van der Waals surface area contributed by atoms with E-state index in [9.17, 15) is 0 Å². The molecular formula is C14H18N4O. The largest absolute Gasteiger partial charge is 0.381 e. The van der Waals surface area contributed by atoms with E-state index in [-0.39, 0.29) is 5.60 Å². The monoisotopic (exact) mass is 258 g/mol. The molecule has 0 aliphatic heterocycles. The Balaban J connectivity index is 1.82. The number of aromatic nitrogens is 2. The van der Waals surface area contributed by atoms with Crippen molar-refractivity contribution < 1.29 is 4.74 Å². The van der Waals surface area contributed by atoms with Crippen molar-refractivity contribution in [2.24, 2.45) is 0 Å². The van der Waals surface area contributed by atoms with Crippen LogP contribution in [-0.4, -0.2) is 29.2 Å². The van der Waals surface area contributed by atoms with E-state index in [1.54, 1.807) is 7.11 Å². The van der Waals surface area contributed by atoms with Crippen LogP contribution in [0.15, 0.2) is 24.3 Å². The van der Waals surface area contributed by atoms with E-state index < -0.39 is 0 Å². The number of nitrogens with two attached hydrogens (primary N) is 1. The molecule has 5 heteroatoms. The number of nitrogens with zero attached hydrogens (tertiary/aromatic N) is 2. The Morgan fingerprint density at radius 2 is 1.95 bits per heavy atom. The third kappa shape index (κ3) is 2.21. The first-order chi connectivity index (χ1) is 9.22. The van der Waals surface area contributed by atoms with Gasteiger partial charge in [0.25, 0.3) is 0 Å². The zero-order valence-electron chi connectivity index (χ0n) is 11.0. The quantitative estimate of drug-likeness (QED) is 0.879. The topological polar surface area (TPSA) is 73.1 Å². The first-order valence-corrected chi connectivity index (χ1v) is 6.54. The molecule has 0 bridgehead atoms. The molecule has 19 heavy (non-hydrogen) atoms. The van der Waals surface area contributed by atoms with Gasteiger partial charge in [0.1, 0.15) is 0 Å². The smallest absolute Gasteiger partial charge is 0.169 e. The van der Waals surface area contributed by atoms with E-state index in [2.05, 4.69) is 15.3 Å². The third-order valence-electron chi connectivity index (χ3n) is 3.87. The van der Waals surface area contributed by atoms with Crippen LogP contribution in [0.25, 0.3) is 11.0 Å². The van der Waals surface area contributed by atoms with Crippen LogP contribution < -0.4 is 11.1 Å². The summed E-state index contributed by atoms with van der Waals surface area (Å²) in [7, 11) is 1.76. The molecule has 2 aromatic rings. The molecule has 1 fully saturated rings. The van der Waals surface area contributed by atoms with Crippen LogP contribution in [0.2, 0.25) is 0 Å². The van der Waals surface area contributed by atoms with Crippen LogP contribution in [0.4, 0.5) is 11.6 Å². The van der Waals surface area contributed by atoms with Gasteiger partial charge in [0.05, 0.1) is 16.6 Å². The number of para-hydroxylation sites is 2. The SMILES string of the molecule is COC1(CNc2nc3ccccc3nc2N)CCC1. The van der Waals surface area contributed by atoms with E-state index in [1.807, 2.05) is 24.3 Å². The predicted octanol–water partition coefficient (Wildman–Crippen LogP) is 2.19. The van der Waals surface area contributed by atoms with Crippen molar-refractivity contribution in [3.05, 3.63) is 24.3 Å². The maximum Gasteiger partial charge on any atom is 0.169 e. The van der Waals surface area contributed by atoms with Gasteiger partial charge in [0, 0.05) is 13.7 Å². The van der Waals surface area contributed by atoms with Gasteiger partial charge in [0.15, 0.2) is 11.6 Å². The van der Waals surface area contributed by atoms with Crippen molar-refractivity contribution in [3.63, 3.8) is 0 Å². The van der Waals surface area contributed by atoms with Crippen LogP contribution in [0.1, 0.15) is 19.3 Å². The van der Waals surface area contributed by atoms with Crippen molar-refractivity contribution in [3.8, 4) is 0 Å². The number of hydrogen-bond acceptors (Lipinski definition) is 5. The molecule has 1 aliphatic rings. The fraction of sp³-hybridized carbons (Fsp3) is 0.429. The van der Waals surface area contributed by atoms with Gasteiger partial charge in [-0.15, -0.1) is 0 Å². The molecule has 1 aromatic heterocycles. The number of fused-ring (bicyclic) bond motifs is 1. The molecule has 0 unspecified atom stereocenters. The molecule has 1 aromatic carbocycles. The van der Waals surface area contributed by atoms with Gasteiger partial charge in [-0.1, -0.05) is 12.1 Å². The minimum absolute atomic E-state index is 0.0558. The third-order valence-corrected chi connectivity index (χ3v) is 3.87. The van der Waals surface area contributed by atoms with Crippen LogP contribution in [0.3, 0.4) is 0 Å². The van der Waals surface area contributed by atoms with Gasteiger partial charge >= 0.3 is 0 Å². The number of benzene rings is 1. The Kier molecular flexibility index (Phi) is 2.98. The minimum Gasteiger partial charge on any atom is -0.381 e. The normalized spacial score (nSPS) is 17.1. The average molecular weight is 258 g/mol. The highest BCUT2D eigenvalue weighted by Gasteiger charge is 2.36. The first kappa shape index (κ1) is 12.2. The van der Waals surface area contributed by atoms with Crippen LogP contribution in [0, 0.1) is 0 Å². The highest BCUT2D eigenvalue weighted by atomic mass is 16.5. The van der Waals surface area contributed by atoms with Gasteiger partial charge < -0.3 is 15.8 Å². The van der Waals surface area contributed by atoms with E-state index in [4.69, 9.17) is 10.5 Å². The lowest BCUT2D eigenvalue weighted by molar-refractivity contribution is -0.0601. The van der Waals surface area contributed by atoms with E-state index in [1.165, 1.54) is 6.42 Å². The maximum atomic E-state index is 5.94. The molecule has 5 nitrogen and oxygen atoms in total. The predicted molar refractivity (Wildman–Crippen MR) is 76.0 cm³/mol. The summed E-state index contributed by atoms with van der Waals surface area (Å²) in [6.07, 6.45) is 3.38. The number of rotatable bonds is 4. The lowest BCUT2D eigenvalue weighted by Gasteiger charge is -2.40. The van der Waals surface area contributed by atoms with E-state index in [0.717, 1.165) is 30.4 Å². The van der Waals surface area contributed by atoms with Gasteiger partial charge in [-0.05, 0) is 31.4 Å². The maximum absolute atomic E-state index is 5.94. The standard InChI is InChI=1S/C14H18N4O/c1-19-14(7-4-8-14)9-16-13-12(15)17-10-5-2-3-6-11(10)18-13/h2-3,5-6H,4,7-9H2,1H3,(H2,15,17)(H,16,18). The van der Waals surface area contributed by atoms with Crippen molar-refractivity contribution in [2.45, 2.75) is 24.9 Å². The fourth-order valence-electron chi connectivity index (χ4n) is 2.41. The Morgan fingerprint density at radius 1 is 1.26 bits per heavy atom. The lowest BCUT2D eigenvalue weighted by Crippen LogP contribution is -2.45. The molecule has 0 radical (unpaired) electrons. The molecule has 0 saturated heterocycles. The number of nitrogen functional groups attached to an aromatic ring is 1. The lowest BCUT2D eigenvalue weighted by atomic mass is 9.80. The summed E-state index contributed by atoms with van der Waals surface area (Å²) in [5, 5.41) is 3.28. The number of nitrogens with one attached hydrogen (secondary N) is 1. The van der Waals surface area contributed by atoms with Crippen LogP contribution in [-0.2, 0) is 4.74 Å². The van der Waals surface area contributed by atoms with Gasteiger partial charge in [-0.25, -0.2) is 9.97 Å². The molecule has 3 rings (SSSR count). The van der Waals surface area contributed by atoms with Crippen molar-refractivity contribution in [1.82, 2.24) is 9.97 Å². The molecule has 3 N–H and O–H groups in total. The van der Waals surface area contributed by atoms with Crippen LogP contribution >= 0.6 is 0 Å². The summed E-state index contributed by atoms with van der Waals surface area (Å²) in [6.45, 7) is 0.723. The number of ether oxygens (including phenoxy) is 1. The molecule has 1 saturated carbocycles. The summed E-state index contributed by atoms with van der Waals surface area (Å²) in [6, 6.07) is 7.71. The average Bonchev–Trinajstić information content (AvgIpc) is 2.38. The Labute approximate surface area is 112 Å². The van der Waals surface area contributed by atoms with E-state index >= 15 is 0 Å². The summed E-state index contributed by atoms with van der Waals surface area (Å²) < 4.78 is 5.57. The van der Waals surface area contributed by atoms with E-state index in [0.29, 0.717) is 11.6 Å². The summed E-state index contributed by atoms with van der Waals surface area (Å²) in [5.41, 5.74) is 7.55. The number of hydrogen-bond donors (Lipinski definition) is 2. The minimum atomic E-state index is -0.0558. The zero-order chi connectivity index (χ0) is 13.3. The second-order valence-electron chi connectivity index (χ2n) is 5.04. The van der Waals surface area contributed by atoms with Gasteiger partial charge in [0.2, 0.25) is 0 Å². The second kappa shape index (κ2) is 4.66. The second-order valence-corrected chi connectivity index (χ2v) is 5.04. The number of anilines is 2. The molecule has 1 heterocycles. The van der Waals surface area contributed by atoms with Crippen molar-refractivity contribution in [2.75, 3.05) is 24.7 Å². The highest BCUT2D eigenvalue weighted by molar-refractivity contribution is 5.79. The molecule has 100 valence electrons. The summed E-state index contributed by atoms with van der Waals surface area (Å²) in [5.74, 6) is 1.08. The summed E-state index contributed by atoms with van der Waals surface area (Å²) >= 11 is 0. The molecule has 0 amide bonds. The summed E-state index contributed by atoms with van der Waals surface area (Å²) in [4.78, 5) is 8.87. The highest BCUT2D eigenvalue weighted by Crippen LogP contribution is 2.35. The molecular weight excluding hydrogens is 240 g/mol. The molecule has 1 aliphatic carbocycles.